The first-order valence-corrected chi connectivity index (χ1v) is 12.4. The summed E-state index contributed by atoms with van der Waals surface area (Å²) in [7, 11) is 1.71. The van der Waals surface area contributed by atoms with Gasteiger partial charge in [-0.15, -0.1) is 0 Å². The molecule has 33 heavy (non-hydrogen) atoms. The standard InChI is InChI=1S/C28H33NO4/c1-31-23-5-3-22(4-6-23)27-14-20-12-21(15-27)17-28(16-20,18-27)26(30)29-9-8-19-2-7-24-25(13-19)33-11-10-32-24/h2-7,13,20-21H,8-12,14-18H2,1H3,(H,29,30)/t20-,21+,27?,28?. The van der Waals surface area contributed by atoms with Crippen molar-refractivity contribution in [1.29, 1.82) is 0 Å². The highest BCUT2D eigenvalue weighted by Crippen LogP contribution is 2.65. The number of hydrogen-bond donors (Lipinski definition) is 1. The summed E-state index contributed by atoms with van der Waals surface area (Å²) in [5, 5.41) is 3.32. The van der Waals surface area contributed by atoms with Crippen LogP contribution >= 0.6 is 0 Å². The molecule has 1 amide bonds. The third kappa shape index (κ3) is 3.66. The number of ether oxygens (including phenoxy) is 3. The highest BCUT2D eigenvalue weighted by molar-refractivity contribution is 5.83. The molecule has 7 rings (SSSR count). The van der Waals surface area contributed by atoms with Crippen molar-refractivity contribution in [2.24, 2.45) is 17.3 Å². The molecule has 1 N–H and O–H groups in total. The van der Waals surface area contributed by atoms with Gasteiger partial charge in [0.15, 0.2) is 11.5 Å². The molecule has 1 aliphatic heterocycles. The number of hydrogen-bond acceptors (Lipinski definition) is 4. The fourth-order valence-corrected chi connectivity index (χ4v) is 7.56. The summed E-state index contributed by atoms with van der Waals surface area (Å²) < 4.78 is 16.7. The molecule has 5 aliphatic rings. The van der Waals surface area contributed by atoms with E-state index in [9.17, 15) is 4.79 Å². The quantitative estimate of drug-likeness (QED) is 0.700. The number of nitrogens with one attached hydrogen (secondary N) is 1. The topological polar surface area (TPSA) is 56.8 Å². The Morgan fingerprint density at radius 1 is 1.00 bits per heavy atom. The number of fused-ring (bicyclic) bond motifs is 1. The molecule has 0 saturated heterocycles. The van der Waals surface area contributed by atoms with Crippen LogP contribution in [-0.4, -0.2) is 32.8 Å². The second-order valence-corrected chi connectivity index (χ2v) is 10.7. The van der Waals surface area contributed by atoms with Gasteiger partial charge in [0.2, 0.25) is 5.91 Å². The Kier molecular flexibility index (Phi) is 5.04. The third-order valence-electron chi connectivity index (χ3n) is 8.55. The monoisotopic (exact) mass is 447 g/mol. The van der Waals surface area contributed by atoms with Gasteiger partial charge in [0.05, 0.1) is 12.5 Å². The average molecular weight is 448 g/mol. The fraction of sp³-hybridized carbons (Fsp3) is 0.536. The van der Waals surface area contributed by atoms with Gasteiger partial charge in [-0.25, -0.2) is 0 Å². The van der Waals surface area contributed by atoms with E-state index in [0.717, 1.165) is 42.9 Å². The Bertz CT molecular complexity index is 1030. The van der Waals surface area contributed by atoms with Crippen molar-refractivity contribution < 1.29 is 19.0 Å². The second kappa shape index (κ2) is 7.96. The largest absolute Gasteiger partial charge is 0.497 e. The van der Waals surface area contributed by atoms with Crippen LogP contribution in [0.25, 0.3) is 0 Å². The van der Waals surface area contributed by atoms with Gasteiger partial charge in [-0.05, 0) is 97.6 Å². The minimum Gasteiger partial charge on any atom is -0.497 e. The molecule has 0 aromatic heterocycles. The van der Waals surface area contributed by atoms with Crippen LogP contribution in [0.5, 0.6) is 17.2 Å². The van der Waals surface area contributed by atoms with Gasteiger partial charge in [0.25, 0.3) is 0 Å². The van der Waals surface area contributed by atoms with Crippen LogP contribution < -0.4 is 19.5 Å². The molecule has 4 aliphatic carbocycles. The Balaban J connectivity index is 1.16. The second-order valence-electron chi connectivity index (χ2n) is 10.7. The molecule has 4 atom stereocenters. The SMILES string of the molecule is COc1ccc(C23C[C@@H]4C[C@@H](CC(C(=O)NCCc5ccc6c(c5)OCCO6)(C4)C2)C3)cc1. The first-order chi connectivity index (χ1) is 16.1. The predicted octanol–water partition coefficient (Wildman–Crippen LogP) is 4.66. The van der Waals surface area contributed by atoms with Crippen LogP contribution in [0.4, 0.5) is 0 Å². The van der Waals surface area contributed by atoms with Gasteiger partial charge >= 0.3 is 0 Å². The highest BCUT2D eigenvalue weighted by atomic mass is 16.6. The van der Waals surface area contributed by atoms with Crippen molar-refractivity contribution in [1.82, 2.24) is 5.32 Å². The summed E-state index contributed by atoms with van der Waals surface area (Å²) in [6.07, 6.45) is 7.63. The smallest absolute Gasteiger partial charge is 0.226 e. The Labute approximate surface area is 195 Å². The van der Waals surface area contributed by atoms with E-state index in [2.05, 4.69) is 35.6 Å². The normalized spacial score (nSPS) is 31.3. The first kappa shape index (κ1) is 20.9. The summed E-state index contributed by atoms with van der Waals surface area (Å²) in [4.78, 5) is 13.6. The van der Waals surface area contributed by atoms with Crippen LogP contribution in [0.3, 0.4) is 0 Å². The molecule has 2 aromatic rings. The lowest BCUT2D eigenvalue weighted by Gasteiger charge is -2.61. The van der Waals surface area contributed by atoms with Gasteiger partial charge in [0.1, 0.15) is 19.0 Å². The minimum atomic E-state index is -0.211. The molecule has 0 radical (unpaired) electrons. The Morgan fingerprint density at radius 2 is 1.73 bits per heavy atom. The van der Waals surface area contributed by atoms with Crippen LogP contribution in [0, 0.1) is 17.3 Å². The molecule has 5 nitrogen and oxygen atoms in total. The molecular formula is C28H33NO4. The number of amides is 1. The van der Waals surface area contributed by atoms with Crippen LogP contribution in [0.15, 0.2) is 42.5 Å². The van der Waals surface area contributed by atoms with Gasteiger partial charge < -0.3 is 19.5 Å². The lowest BCUT2D eigenvalue weighted by Crippen LogP contribution is -2.59. The molecule has 2 unspecified atom stereocenters. The van der Waals surface area contributed by atoms with Crippen LogP contribution in [-0.2, 0) is 16.6 Å². The number of benzene rings is 2. The zero-order valence-corrected chi connectivity index (χ0v) is 19.4. The number of carbonyl (C=O) groups is 1. The predicted molar refractivity (Wildman–Crippen MR) is 126 cm³/mol. The van der Waals surface area contributed by atoms with Gasteiger partial charge in [-0.2, -0.15) is 0 Å². The van der Waals surface area contributed by atoms with Gasteiger partial charge in [-0.1, -0.05) is 18.2 Å². The molecule has 0 spiro atoms. The molecule has 4 saturated carbocycles. The third-order valence-corrected chi connectivity index (χ3v) is 8.55. The minimum absolute atomic E-state index is 0.142. The molecular weight excluding hydrogens is 414 g/mol. The summed E-state index contributed by atoms with van der Waals surface area (Å²) >= 11 is 0. The number of carbonyl (C=O) groups excluding carboxylic acids is 1. The number of rotatable bonds is 6. The molecule has 1 heterocycles. The van der Waals surface area contributed by atoms with Crippen molar-refractivity contribution in [2.45, 2.75) is 50.4 Å². The van der Waals surface area contributed by atoms with E-state index in [4.69, 9.17) is 14.2 Å². The number of methoxy groups -OCH3 is 1. The molecule has 5 heteroatoms. The fourth-order valence-electron chi connectivity index (χ4n) is 7.56. The maximum Gasteiger partial charge on any atom is 0.226 e. The van der Waals surface area contributed by atoms with E-state index in [0.29, 0.717) is 31.6 Å². The van der Waals surface area contributed by atoms with Gasteiger partial charge in [0, 0.05) is 6.54 Å². The van der Waals surface area contributed by atoms with E-state index < -0.39 is 0 Å². The van der Waals surface area contributed by atoms with Crippen molar-refractivity contribution in [3.8, 4) is 17.2 Å². The molecule has 4 bridgehead atoms. The summed E-state index contributed by atoms with van der Waals surface area (Å²) in [6, 6.07) is 14.7. The van der Waals surface area contributed by atoms with Crippen LogP contribution in [0.2, 0.25) is 0 Å². The van der Waals surface area contributed by atoms with E-state index in [1.807, 2.05) is 12.1 Å². The Hall–Kier alpha value is -2.69. The van der Waals surface area contributed by atoms with E-state index in [1.54, 1.807) is 7.11 Å². The van der Waals surface area contributed by atoms with E-state index >= 15 is 0 Å². The van der Waals surface area contributed by atoms with Crippen molar-refractivity contribution in [2.75, 3.05) is 26.9 Å². The zero-order chi connectivity index (χ0) is 22.5. The first-order valence-electron chi connectivity index (χ1n) is 12.4. The van der Waals surface area contributed by atoms with Crippen molar-refractivity contribution in [3.05, 3.63) is 53.6 Å². The van der Waals surface area contributed by atoms with E-state index in [1.165, 1.54) is 30.4 Å². The van der Waals surface area contributed by atoms with E-state index in [-0.39, 0.29) is 16.7 Å². The molecule has 174 valence electrons. The lowest BCUT2D eigenvalue weighted by atomic mass is 9.42. The maximum absolute atomic E-state index is 13.6. The Morgan fingerprint density at radius 3 is 2.45 bits per heavy atom. The maximum atomic E-state index is 13.6. The summed E-state index contributed by atoms with van der Waals surface area (Å²) in [5.74, 6) is 4.12. The summed E-state index contributed by atoms with van der Waals surface area (Å²) in [6.45, 7) is 1.85. The van der Waals surface area contributed by atoms with Gasteiger partial charge in [-0.3, -0.25) is 4.79 Å². The highest BCUT2D eigenvalue weighted by Gasteiger charge is 2.60. The molecule has 2 aromatic carbocycles. The zero-order valence-electron chi connectivity index (χ0n) is 19.4. The average Bonchev–Trinajstić information content (AvgIpc) is 2.83. The lowest BCUT2D eigenvalue weighted by molar-refractivity contribution is -0.149. The van der Waals surface area contributed by atoms with Crippen LogP contribution in [0.1, 0.15) is 49.7 Å². The summed E-state index contributed by atoms with van der Waals surface area (Å²) in [5.41, 5.74) is 2.49. The molecule has 4 fully saturated rings. The van der Waals surface area contributed by atoms with Crippen molar-refractivity contribution in [3.63, 3.8) is 0 Å². The van der Waals surface area contributed by atoms with Crippen molar-refractivity contribution >= 4 is 5.91 Å².